The molecule has 6 heteroatoms. The summed E-state index contributed by atoms with van der Waals surface area (Å²) in [6.07, 6.45) is 0. The molecule has 0 aliphatic carbocycles. The number of anilines is 2. The minimum Gasteiger partial charge on any atom is -0.322 e. The van der Waals surface area contributed by atoms with E-state index in [1.165, 1.54) is 18.2 Å². The highest BCUT2D eigenvalue weighted by molar-refractivity contribution is 6.31. The normalized spacial score (nSPS) is 10.3. The summed E-state index contributed by atoms with van der Waals surface area (Å²) in [6, 6.07) is 17.7. The maximum atomic E-state index is 13.2. The average molecular weight is 383 g/mol. The molecule has 0 bridgehead atoms. The van der Waals surface area contributed by atoms with Crippen molar-refractivity contribution in [1.29, 1.82) is 0 Å². The molecule has 0 saturated heterocycles. The van der Waals surface area contributed by atoms with Crippen LogP contribution in [0.4, 0.5) is 15.8 Å². The first kappa shape index (κ1) is 18.6. The summed E-state index contributed by atoms with van der Waals surface area (Å²) in [4.78, 5) is 24.8. The van der Waals surface area contributed by atoms with Crippen LogP contribution in [0.5, 0.6) is 0 Å². The molecule has 2 amide bonds. The van der Waals surface area contributed by atoms with Gasteiger partial charge in [0.15, 0.2) is 0 Å². The predicted octanol–water partition coefficient (Wildman–Crippen LogP) is 5.29. The topological polar surface area (TPSA) is 58.2 Å². The molecule has 27 heavy (non-hydrogen) atoms. The number of hydrogen-bond acceptors (Lipinski definition) is 2. The molecule has 0 radical (unpaired) electrons. The summed E-state index contributed by atoms with van der Waals surface area (Å²) >= 11 is 5.72. The largest absolute Gasteiger partial charge is 0.322 e. The van der Waals surface area contributed by atoms with Crippen molar-refractivity contribution < 1.29 is 14.0 Å². The van der Waals surface area contributed by atoms with E-state index < -0.39 is 11.7 Å². The third-order valence-electron chi connectivity index (χ3n) is 3.95. The molecule has 136 valence electrons. The highest BCUT2D eigenvalue weighted by Crippen LogP contribution is 2.21. The summed E-state index contributed by atoms with van der Waals surface area (Å²) < 4.78 is 13.2. The second kappa shape index (κ2) is 8.01. The van der Waals surface area contributed by atoms with Crippen molar-refractivity contribution in [2.75, 3.05) is 10.6 Å². The molecular formula is C21H16ClFN2O2. The fourth-order valence-electron chi connectivity index (χ4n) is 2.54. The highest BCUT2D eigenvalue weighted by Gasteiger charge is 2.11. The van der Waals surface area contributed by atoms with E-state index in [0.29, 0.717) is 22.5 Å². The SMILES string of the molecule is Cc1ccccc1C(=O)Nc1cccc(C(=O)Nc2ccc(F)c(Cl)c2)c1. The van der Waals surface area contributed by atoms with Gasteiger partial charge in [-0.05, 0) is 55.0 Å². The van der Waals surface area contributed by atoms with E-state index >= 15 is 0 Å². The molecule has 0 aliphatic rings. The van der Waals surface area contributed by atoms with E-state index in [9.17, 15) is 14.0 Å². The van der Waals surface area contributed by atoms with Gasteiger partial charge in [-0.2, -0.15) is 0 Å². The summed E-state index contributed by atoms with van der Waals surface area (Å²) in [5.41, 5.74) is 2.64. The average Bonchev–Trinajstić information content (AvgIpc) is 2.65. The van der Waals surface area contributed by atoms with Crippen molar-refractivity contribution in [2.45, 2.75) is 6.92 Å². The standard InChI is InChI=1S/C21H16ClFN2O2/c1-13-5-2-3-8-17(13)21(27)25-15-7-4-6-14(11-15)20(26)24-16-9-10-19(23)18(22)12-16/h2-12H,1H3,(H,24,26)(H,25,27). The number of carbonyl (C=O) groups is 2. The Morgan fingerprint density at radius 3 is 2.30 bits per heavy atom. The lowest BCUT2D eigenvalue weighted by atomic mass is 10.1. The van der Waals surface area contributed by atoms with E-state index in [2.05, 4.69) is 10.6 Å². The second-order valence-electron chi connectivity index (χ2n) is 5.93. The first-order chi connectivity index (χ1) is 12.9. The minimum absolute atomic E-state index is 0.0768. The van der Waals surface area contributed by atoms with E-state index in [1.807, 2.05) is 19.1 Å². The molecule has 0 spiro atoms. The lowest BCUT2D eigenvalue weighted by Gasteiger charge is -2.10. The number of amides is 2. The van der Waals surface area contributed by atoms with E-state index in [4.69, 9.17) is 11.6 Å². The Bertz CT molecular complexity index is 1020. The van der Waals surface area contributed by atoms with Gasteiger partial charge < -0.3 is 10.6 Å². The van der Waals surface area contributed by atoms with Gasteiger partial charge in [0, 0.05) is 22.5 Å². The number of benzene rings is 3. The van der Waals surface area contributed by atoms with Crippen LogP contribution >= 0.6 is 11.6 Å². The molecule has 0 saturated carbocycles. The second-order valence-corrected chi connectivity index (χ2v) is 6.34. The van der Waals surface area contributed by atoms with Crippen molar-refractivity contribution in [1.82, 2.24) is 0 Å². The third kappa shape index (κ3) is 4.51. The first-order valence-corrected chi connectivity index (χ1v) is 8.55. The van der Waals surface area contributed by atoms with Gasteiger partial charge in [0.25, 0.3) is 11.8 Å². The highest BCUT2D eigenvalue weighted by atomic mass is 35.5. The fraction of sp³-hybridized carbons (Fsp3) is 0.0476. The lowest BCUT2D eigenvalue weighted by Crippen LogP contribution is -2.15. The van der Waals surface area contributed by atoms with E-state index in [-0.39, 0.29) is 10.9 Å². The van der Waals surface area contributed by atoms with Gasteiger partial charge in [-0.3, -0.25) is 9.59 Å². The third-order valence-corrected chi connectivity index (χ3v) is 4.24. The molecule has 0 aliphatic heterocycles. The van der Waals surface area contributed by atoms with Gasteiger partial charge >= 0.3 is 0 Å². The van der Waals surface area contributed by atoms with Gasteiger partial charge in [-0.1, -0.05) is 35.9 Å². The maximum Gasteiger partial charge on any atom is 0.255 e. The van der Waals surface area contributed by atoms with Crippen molar-refractivity contribution in [2.24, 2.45) is 0 Å². The van der Waals surface area contributed by atoms with Crippen molar-refractivity contribution in [3.05, 3.63) is 94.3 Å². The zero-order valence-electron chi connectivity index (χ0n) is 14.4. The molecule has 0 fully saturated rings. The maximum absolute atomic E-state index is 13.2. The van der Waals surface area contributed by atoms with Crippen LogP contribution in [-0.4, -0.2) is 11.8 Å². The Morgan fingerprint density at radius 1 is 0.852 bits per heavy atom. The number of nitrogens with one attached hydrogen (secondary N) is 2. The van der Waals surface area contributed by atoms with Crippen LogP contribution < -0.4 is 10.6 Å². The van der Waals surface area contributed by atoms with Gasteiger partial charge in [-0.15, -0.1) is 0 Å². The molecule has 0 unspecified atom stereocenters. The van der Waals surface area contributed by atoms with Crippen molar-refractivity contribution in [3.8, 4) is 0 Å². The Morgan fingerprint density at radius 2 is 1.56 bits per heavy atom. The summed E-state index contributed by atoms with van der Waals surface area (Å²) in [6.45, 7) is 1.85. The molecule has 0 heterocycles. The molecule has 3 rings (SSSR count). The fourth-order valence-corrected chi connectivity index (χ4v) is 2.72. The van der Waals surface area contributed by atoms with Gasteiger partial charge in [0.1, 0.15) is 5.82 Å². The minimum atomic E-state index is -0.560. The zero-order chi connectivity index (χ0) is 19.4. The Labute approximate surface area is 161 Å². The number of aryl methyl sites for hydroxylation is 1. The predicted molar refractivity (Wildman–Crippen MR) is 105 cm³/mol. The lowest BCUT2D eigenvalue weighted by molar-refractivity contribution is 0.101. The molecule has 2 N–H and O–H groups in total. The van der Waals surface area contributed by atoms with Crippen LogP contribution in [0.1, 0.15) is 26.3 Å². The van der Waals surface area contributed by atoms with Crippen LogP contribution in [0.15, 0.2) is 66.7 Å². The number of carbonyl (C=O) groups excluding carboxylic acids is 2. The summed E-state index contributed by atoms with van der Waals surface area (Å²) in [5, 5.41) is 5.35. The molecular weight excluding hydrogens is 367 g/mol. The monoisotopic (exact) mass is 382 g/mol. The number of rotatable bonds is 4. The molecule has 3 aromatic rings. The Kier molecular flexibility index (Phi) is 5.52. The van der Waals surface area contributed by atoms with Crippen LogP contribution in [0.2, 0.25) is 5.02 Å². The van der Waals surface area contributed by atoms with Crippen LogP contribution in [0.25, 0.3) is 0 Å². The molecule has 4 nitrogen and oxygen atoms in total. The first-order valence-electron chi connectivity index (χ1n) is 8.17. The van der Waals surface area contributed by atoms with Gasteiger partial charge in [0.05, 0.1) is 5.02 Å². The van der Waals surface area contributed by atoms with Gasteiger partial charge in [0.2, 0.25) is 0 Å². The van der Waals surface area contributed by atoms with E-state index in [0.717, 1.165) is 5.56 Å². The molecule has 3 aromatic carbocycles. The summed E-state index contributed by atoms with van der Waals surface area (Å²) in [7, 11) is 0. The van der Waals surface area contributed by atoms with Gasteiger partial charge in [-0.25, -0.2) is 4.39 Å². The molecule has 0 aromatic heterocycles. The number of hydrogen-bond donors (Lipinski definition) is 2. The van der Waals surface area contributed by atoms with Crippen LogP contribution in [-0.2, 0) is 0 Å². The Balaban J connectivity index is 1.74. The summed E-state index contributed by atoms with van der Waals surface area (Å²) in [5.74, 6) is -1.21. The number of halogens is 2. The van der Waals surface area contributed by atoms with Crippen molar-refractivity contribution in [3.63, 3.8) is 0 Å². The van der Waals surface area contributed by atoms with Crippen molar-refractivity contribution >= 4 is 34.8 Å². The zero-order valence-corrected chi connectivity index (χ0v) is 15.2. The quantitative estimate of drug-likeness (QED) is 0.644. The van der Waals surface area contributed by atoms with Crippen LogP contribution in [0, 0.1) is 12.7 Å². The van der Waals surface area contributed by atoms with E-state index in [1.54, 1.807) is 36.4 Å². The van der Waals surface area contributed by atoms with Crippen LogP contribution in [0.3, 0.4) is 0 Å². The molecule has 0 atom stereocenters. The Hall–Kier alpha value is -3.18. The smallest absolute Gasteiger partial charge is 0.255 e.